The molecule has 0 aliphatic rings. The third-order valence-corrected chi connectivity index (χ3v) is 3.44. The van der Waals surface area contributed by atoms with Gasteiger partial charge in [0, 0.05) is 6.54 Å². The van der Waals surface area contributed by atoms with E-state index in [2.05, 4.69) is 15.3 Å². The van der Waals surface area contributed by atoms with E-state index in [0.717, 1.165) is 0 Å². The van der Waals surface area contributed by atoms with Crippen LogP contribution in [-0.2, 0) is 0 Å². The second kappa shape index (κ2) is 7.67. The van der Waals surface area contributed by atoms with Crippen molar-refractivity contribution in [3.63, 3.8) is 0 Å². The van der Waals surface area contributed by atoms with Gasteiger partial charge in [0.1, 0.15) is 30.0 Å². The highest BCUT2D eigenvalue weighted by molar-refractivity contribution is 5.93. The summed E-state index contributed by atoms with van der Waals surface area (Å²) in [6.07, 6.45) is 0.474. The van der Waals surface area contributed by atoms with E-state index in [4.69, 9.17) is 4.74 Å². The molecule has 0 saturated carbocycles. The number of nitrogens with one attached hydrogen (secondary N) is 1. The first-order valence-electron chi connectivity index (χ1n) is 7.68. The van der Waals surface area contributed by atoms with Gasteiger partial charge in [0.05, 0.1) is 17.2 Å². The first-order chi connectivity index (χ1) is 12.1. The number of hydrogen-bond acceptors (Lipinski definition) is 5. The Kier molecular flexibility index (Phi) is 5.15. The number of nitrogens with zero attached hydrogens (tertiary/aromatic N) is 2. The minimum atomic E-state index is -0.914. The van der Waals surface area contributed by atoms with E-state index in [1.807, 2.05) is 12.1 Å². The molecular formula is C18H16FN3O3. The summed E-state index contributed by atoms with van der Waals surface area (Å²) >= 11 is 0. The molecule has 0 aliphatic carbocycles. The number of aliphatic hydroxyl groups excluding tert-OH is 1. The number of benzene rings is 2. The Balaban J connectivity index is 1.51. The van der Waals surface area contributed by atoms with Crippen molar-refractivity contribution in [1.29, 1.82) is 0 Å². The highest BCUT2D eigenvalue weighted by Gasteiger charge is 2.12. The van der Waals surface area contributed by atoms with Gasteiger partial charge in [-0.05, 0) is 36.4 Å². The predicted octanol–water partition coefficient (Wildman–Crippen LogP) is 1.94. The second-order valence-electron chi connectivity index (χ2n) is 5.37. The summed E-state index contributed by atoms with van der Waals surface area (Å²) in [7, 11) is 0. The quantitative estimate of drug-likeness (QED) is 0.716. The zero-order valence-electron chi connectivity index (χ0n) is 13.2. The number of para-hydroxylation sites is 2. The standard InChI is InChI=1S/C18H16FN3O3/c19-12-5-7-14(8-6-12)25-11-13(23)9-21-18(24)17-10-20-15-3-1-2-4-16(15)22-17/h1-8,10,13,23H,9,11H2,(H,21,24)/t13-/m1/s1. The van der Waals surface area contributed by atoms with E-state index in [1.54, 1.807) is 12.1 Å². The first kappa shape index (κ1) is 16.8. The maximum atomic E-state index is 12.8. The van der Waals surface area contributed by atoms with Crippen LogP contribution in [0.3, 0.4) is 0 Å². The van der Waals surface area contributed by atoms with Crippen LogP contribution in [0, 0.1) is 5.82 Å². The van der Waals surface area contributed by atoms with Gasteiger partial charge < -0.3 is 15.2 Å². The van der Waals surface area contributed by atoms with Crippen molar-refractivity contribution in [3.8, 4) is 5.75 Å². The maximum absolute atomic E-state index is 12.8. The molecule has 0 fully saturated rings. The summed E-state index contributed by atoms with van der Waals surface area (Å²) in [5.74, 6) is -0.358. The molecule has 25 heavy (non-hydrogen) atoms. The van der Waals surface area contributed by atoms with Crippen molar-refractivity contribution in [3.05, 3.63) is 66.2 Å². The summed E-state index contributed by atoms with van der Waals surface area (Å²) in [5, 5.41) is 12.5. The van der Waals surface area contributed by atoms with Gasteiger partial charge in [0.15, 0.2) is 0 Å². The molecule has 3 aromatic rings. The number of ether oxygens (including phenoxy) is 1. The van der Waals surface area contributed by atoms with Gasteiger partial charge in [0.2, 0.25) is 0 Å². The molecule has 0 saturated heterocycles. The molecule has 6 nitrogen and oxygen atoms in total. The average Bonchev–Trinajstić information content (AvgIpc) is 2.65. The zero-order valence-corrected chi connectivity index (χ0v) is 13.2. The van der Waals surface area contributed by atoms with Crippen LogP contribution in [0.15, 0.2) is 54.7 Å². The van der Waals surface area contributed by atoms with Crippen LogP contribution < -0.4 is 10.1 Å². The Morgan fingerprint density at radius 2 is 1.88 bits per heavy atom. The zero-order chi connectivity index (χ0) is 17.6. The van der Waals surface area contributed by atoms with Gasteiger partial charge in [-0.1, -0.05) is 12.1 Å². The van der Waals surface area contributed by atoms with Crippen molar-refractivity contribution in [2.24, 2.45) is 0 Å². The monoisotopic (exact) mass is 341 g/mol. The molecule has 0 unspecified atom stereocenters. The molecule has 1 atom stereocenters. The fourth-order valence-electron chi connectivity index (χ4n) is 2.15. The third-order valence-electron chi connectivity index (χ3n) is 3.44. The average molecular weight is 341 g/mol. The molecule has 0 radical (unpaired) electrons. The van der Waals surface area contributed by atoms with Crippen LogP contribution in [0.5, 0.6) is 5.75 Å². The van der Waals surface area contributed by atoms with Crippen molar-refractivity contribution in [1.82, 2.24) is 15.3 Å². The molecule has 1 aromatic heterocycles. The number of carbonyl (C=O) groups is 1. The lowest BCUT2D eigenvalue weighted by Gasteiger charge is -2.13. The van der Waals surface area contributed by atoms with E-state index in [0.29, 0.717) is 16.8 Å². The predicted molar refractivity (Wildman–Crippen MR) is 89.8 cm³/mol. The number of rotatable bonds is 6. The topological polar surface area (TPSA) is 84.3 Å². The lowest BCUT2D eigenvalue weighted by Crippen LogP contribution is -2.35. The summed E-state index contributed by atoms with van der Waals surface area (Å²) in [6.45, 7) is -0.0379. The van der Waals surface area contributed by atoms with E-state index >= 15 is 0 Å². The van der Waals surface area contributed by atoms with E-state index in [-0.39, 0.29) is 24.7 Å². The largest absolute Gasteiger partial charge is 0.491 e. The van der Waals surface area contributed by atoms with Gasteiger partial charge >= 0.3 is 0 Å². The fraction of sp³-hybridized carbons (Fsp3) is 0.167. The molecule has 0 bridgehead atoms. The van der Waals surface area contributed by atoms with E-state index < -0.39 is 12.0 Å². The number of hydrogen-bond donors (Lipinski definition) is 2. The van der Waals surface area contributed by atoms with Gasteiger partial charge in [-0.15, -0.1) is 0 Å². The number of carbonyl (C=O) groups excluding carboxylic acids is 1. The fourth-order valence-corrected chi connectivity index (χ4v) is 2.15. The third kappa shape index (κ3) is 4.48. The van der Waals surface area contributed by atoms with Crippen LogP contribution in [0.4, 0.5) is 4.39 Å². The Morgan fingerprint density at radius 1 is 1.16 bits per heavy atom. The summed E-state index contributed by atoms with van der Waals surface area (Å²) in [4.78, 5) is 20.5. The number of amides is 1. The normalized spacial score (nSPS) is 11.9. The van der Waals surface area contributed by atoms with Crippen molar-refractivity contribution >= 4 is 16.9 Å². The van der Waals surface area contributed by atoms with Crippen LogP contribution in [0.2, 0.25) is 0 Å². The minimum absolute atomic E-state index is 0.00542. The lowest BCUT2D eigenvalue weighted by molar-refractivity contribution is 0.0839. The van der Waals surface area contributed by atoms with Crippen LogP contribution in [-0.4, -0.2) is 40.2 Å². The highest BCUT2D eigenvalue weighted by atomic mass is 19.1. The molecule has 7 heteroatoms. The molecule has 2 aromatic carbocycles. The number of fused-ring (bicyclic) bond motifs is 1. The number of aromatic nitrogens is 2. The number of halogens is 1. The Bertz CT molecular complexity index is 871. The van der Waals surface area contributed by atoms with Gasteiger partial charge in [0.25, 0.3) is 5.91 Å². The van der Waals surface area contributed by atoms with E-state index in [9.17, 15) is 14.3 Å². The maximum Gasteiger partial charge on any atom is 0.271 e. The van der Waals surface area contributed by atoms with Crippen LogP contribution in [0.1, 0.15) is 10.5 Å². The van der Waals surface area contributed by atoms with Crippen molar-refractivity contribution in [2.75, 3.05) is 13.2 Å². The Labute approximate surface area is 143 Å². The minimum Gasteiger partial charge on any atom is -0.491 e. The molecular weight excluding hydrogens is 325 g/mol. The van der Waals surface area contributed by atoms with E-state index in [1.165, 1.54) is 30.5 Å². The van der Waals surface area contributed by atoms with Crippen LogP contribution >= 0.6 is 0 Å². The molecule has 0 aliphatic heterocycles. The van der Waals surface area contributed by atoms with Crippen molar-refractivity contribution < 1.29 is 19.0 Å². The van der Waals surface area contributed by atoms with Gasteiger partial charge in [-0.3, -0.25) is 9.78 Å². The molecule has 1 heterocycles. The second-order valence-corrected chi connectivity index (χ2v) is 5.37. The first-order valence-corrected chi connectivity index (χ1v) is 7.68. The van der Waals surface area contributed by atoms with Gasteiger partial charge in [-0.25, -0.2) is 9.37 Å². The SMILES string of the molecule is O=C(NC[C@@H](O)COc1ccc(F)cc1)c1cnc2ccccc2n1. The highest BCUT2D eigenvalue weighted by Crippen LogP contribution is 2.11. The number of aliphatic hydroxyl groups is 1. The molecule has 3 rings (SSSR count). The van der Waals surface area contributed by atoms with Crippen LogP contribution in [0.25, 0.3) is 11.0 Å². The Morgan fingerprint density at radius 3 is 2.64 bits per heavy atom. The Hall–Kier alpha value is -3.06. The molecule has 2 N–H and O–H groups in total. The molecule has 1 amide bonds. The van der Waals surface area contributed by atoms with Gasteiger partial charge in [-0.2, -0.15) is 0 Å². The summed E-state index contributed by atoms with van der Waals surface area (Å²) in [6, 6.07) is 12.7. The molecule has 128 valence electrons. The van der Waals surface area contributed by atoms with Crippen molar-refractivity contribution in [2.45, 2.75) is 6.10 Å². The summed E-state index contributed by atoms with van der Waals surface area (Å²) in [5.41, 5.74) is 1.49. The molecule has 0 spiro atoms. The summed E-state index contributed by atoms with van der Waals surface area (Å²) < 4.78 is 18.1. The smallest absolute Gasteiger partial charge is 0.271 e. The lowest BCUT2D eigenvalue weighted by atomic mass is 10.3.